The second-order valence-electron chi connectivity index (χ2n) is 6.51. The second-order valence-corrected chi connectivity index (χ2v) is 6.51. The van der Waals surface area contributed by atoms with Gasteiger partial charge in [-0.05, 0) is 45.1 Å². The summed E-state index contributed by atoms with van der Waals surface area (Å²) in [4.78, 5) is 20.8. The van der Waals surface area contributed by atoms with E-state index in [4.69, 9.17) is 10.5 Å². The topological polar surface area (TPSA) is 90.1 Å². The van der Waals surface area contributed by atoms with Gasteiger partial charge in [0.2, 0.25) is 5.91 Å². The molecule has 0 unspecified atom stereocenters. The minimum atomic E-state index is -0.279. The van der Waals surface area contributed by atoms with E-state index in [2.05, 4.69) is 15.3 Å². The Labute approximate surface area is 153 Å². The number of carbonyl (C=O) groups excluding carboxylic acids is 1. The maximum atomic E-state index is 13.8. The molecule has 0 aliphatic heterocycles. The quantitative estimate of drug-likeness (QED) is 0.596. The summed E-state index contributed by atoms with van der Waals surface area (Å²) in [7, 11) is 1.52. The van der Waals surface area contributed by atoms with Crippen LogP contribution in [0.25, 0.3) is 5.57 Å². The molecule has 0 aromatic carbocycles. The van der Waals surface area contributed by atoms with Gasteiger partial charge in [-0.15, -0.1) is 0 Å². The first kappa shape index (κ1) is 20.0. The van der Waals surface area contributed by atoms with Gasteiger partial charge in [0.05, 0.1) is 12.8 Å². The van der Waals surface area contributed by atoms with Crippen molar-refractivity contribution < 1.29 is 13.9 Å². The minimum Gasteiger partial charge on any atom is -0.501 e. The number of hydrogen-bond acceptors (Lipinski definition) is 5. The normalized spacial score (nSPS) is 21.8. The molecule has 1 aliphatic carbocycles. The zero-order chi connectivity index (χ0) is 19.1. The summed E-state index contributed by atoms with van der Waals surface area (Å²) >= 11 is 0. The van der Waals surface area contributed by atoms with E-state index in [0.717, 1.165) is 25.7 Å². The monoisotopic (exact) mass is 362 g/mol. The number of anilines is 1. The lowest BCUT2D eigenvalue weighted by atomic mass is 9.86. The third-order valence-electron chi connectivity index (χ3n) is 4.66. The van der Waals surface area contributed by atoms with E-state index < -0.39 is 0 Å². The lowest BCUT2D eigenvalue weighted by Gasteiger charge is -2.24. The Balaban J connectivity index is 2.19. The zero-order valence-electron chi connectivity index (χ0n) is 15.6. The predicted molar refractivity (Wildman–Crippen MR) is 99.7 cm³/mol. The number of ether oxygens (including phenoxy) is 1. The first-order valence-electron chi connectivity index (χ1n) is 8.94. The number of halogens is 1. The van der Waals surface area contributed by atoms with Gasteiger partial charge in [-0.2, -0.15) is 0 Å². The number of rotatable bonds is 6. The van der Waals surface area contributed by atoms with E-state index in [1.807, 2.05) is 0 Å². The van der Waals surface area contributed by atoms with E-state index in [0.29, 0.717) is 22.8 Å². The van der Waals surface area contributed by atoms with E-state index in [9.17, 15) is 9.18 Å². The standard InChI is InChI=1S/C19H27FN4O2/c1-4-14(20)9-16(12(2)26-3)17-10-18(23-11-22-17)24-19(25)13-5-7-15(21)8-6-13/h9-11,13,15H,4-8,21H2,1-3H3,(H,22,23,24,25)/b14-9+,16-12-. The maximum absolute atomic E-state index is 13.8. The molecule has 0 bridgehead atoms. The van der Waals surface area contributed by atoms with Crippen LogP contribution >= 0.6 is 0 Å². The summed E-state index contributed by atoms with van der Waals surface area (Å²) < 4.78 is 19.0. The summed E-state index contributed by atoms with van der Waals surface area (Å²) in [5.41, 5.74) is 6.90. The molecule has 0 radical (unpaired) electrons. The van der Waals surface area contributed by atoms with Crippen LogP contribution in [0.5, 0.6) is 0 Å². The fraction of sp³-hybridized carbons (Fsp3) is 0.526. The predicted octanol–water partition coefficient (Wildman–Crippen LogP) is 3.57. The van der Waals surface area contributed by atoms with Gasteiger partial charge in [-0.1, -0.05) is 6.92 Å². The lowest BCUT2D eigenvalue weighted by Crippen LogP contribution is -2.32. The number of carbonyl (C=O) groups is 1. The highest BCUT2D eigenvalue weighted by atomic mass is 19.1. The highest BCUT2D eigenvalue weighted by molar-refractivity contribution is 5.92. The maximum Gasteiger partial charge on any atom is 0.228 e. The first-order valence-corrected chi connectivity index (χ1v) is 8.94. The molecule has 1 heterocycles. The Hall–Kier alpha value is -2.28. The molecule has 3 N–H and O–H groups in total. The van der Waals surface area contributed by atoms with Crippen LogP contribution in [0.1, 0.15) is 51.6 Å². The van der Waals surface area contributed by atoms with Crippen molar-refractivity contribution in [1.29, 1.82) is 0 Å². The molecule has 0 spiro atoms. The molecule has 142 valence electrons. The number of nitrogens with two attached hydrogens (primary N) is 1. The first-order chi connectivity index (χ1) is 12.4. The number of nitrogens with zero attached hydrogens (tertiary/aromatic N) is 2. The fourth-order valence-corrected chi connectivity index (χ4v) is 2.91. The van der Waals surface area contributed by atoms with E-state index >= 15 is 0 Å². The van der Waals surface area contributed by atoms with Crippen LogP contribution in [-0.2, 0) is 9.53 Å². The molecular formula is C19H27FN4O2. The van der Waals surface area contributed by atoms with Crippen LogP contribution in [0.2, 0.25) is 0 Å². The molecule has 0 atom stereocenters. The summed E-state index contributed by atoms with van der Waals surface area (Å²) in [6.45, 7) is 3.47. The third-order valence-corrected chi connectivity index (χ3v) is 4.66. The van der Waals surface area contributed by atoms with Gasteiger partial charge >= 0.3 is 0 Å². The van der Waals surface area contributed by atoms with Gasteiger partial charge in [-0.25, -0.2) is 14.4 Å². The van der Waals surface area contributed by atoms with Gasteiger partial charge in [0, 0.05) is 23.6 Å². The number of nitrogens with one attached hydrogen (secondary N) is 1. The Kier molecular flexibility index (Phi) is 7.26. The van der Waals surface area contributed by atoms with Crippen LogP contribution in [0.3, 0.4) is 0 Å². The zero-order valence-corrected chi connectivity index (χ0v) is 15.6. The average molecular weight is 362 g/mol. The van der Waals surface area contributed by atoms with E-state index in [1.165, 1.54) is 19.5 Å². The fourth-order valence-electron chi connectivity index (χ4n) is 2.91. The Morgan fingerprint density at radius 2 is 2.08 bits per heavy atom. The molecule has 7 heteroatoms. The highest BCUT2D eigenvalue weighted by Gasteiger charge is 2.25. The van der Waals surface area contributed by atoms with Gasteiger partial charge < -0.3 is 15.8 Å². The number of aromatic nitrogens is 2. The van der Waals surface area contributed by atoms with Crippen LogP contribution < -0.4 is 11.1 Å². The summed E-state index contributed by atoms with van der Waals surface area (Å²) in [6.07, 6.45) is 6.30. The van der Waals surface area contributed by atoms with Crippen molar-refractivity contribution in [3.63, 3.8) is 0 Å². The summed E-state index contributed by atoms with van der Waals surface area (Å²) in [6, 6.07) is 1.82. The van der Waals surface area contributed by atoms with Crippen LogP contribution in [0.15, 0.2) is 30.1 Å². The molecule has 1 saturated carbocycles. The number of hydrogen-bond donors (Lipinski definition) is 2. The summed E-state index contributed by atoms with van der Waals surface area (Å²) in [5, 5.41) is 2.84. The molecule has 1 aliphatic rings. The molecule has 1 aromatic rings. The van der Waals surface area contributed by atoms with Crippen molar-refractivity contribution in [3.05, 3.63) is 35.7 Å². The van der Waals surface area contributed by atoms with Crippen molar-refractivity contribution in [2.75, 3.05) is 12.4 Å². The van der Waals surface area contributed by atoms with Crippen LogP contribution in [-0.4, -0.2) is 29.0 Å². The molecule has 26 heavy (non-hydrogen) atoms. The largest absolute Gasteiger partial charge is 0.501 e. The molecule has 1 fully saturated rings. The Morgan fingerprint density at radius 3 is 2.69 bits per heavy atom. The number of allylic oxidation sites excluding steroid dienone is 4. The molecule has 0 saturated heterocycles. The van der Waals surface area contributed by atoms with Crippen molar-refractivity contribution in [2.45, 2.75) is 52.0 Å². The SMILES string of the molecule is CC/C(F)=C\C(=C(/C)OC)c1cc(NC(=O)C2CCC(N)CC2)ncn1. The number of methoxy groups -OCH3 is 1. The molecule has 6 nitrogen and oxygen atoms in total. The molecule has 2 rings (SSSR count). The van der Waals surface area contributed by atoms with Gasteiger partial charge in [-0.3, -0.25) is 4.79 Å². The average Bonchev–Trinajstić information content (AvgIpc) is 2.65. The smallest absolute Gasteiger partial charge is 0.228 e. The molecule has 1 aromatic heterocycles. The number of amides is 1. The van der Waals surface area contributed by atoms with Gasteiger partial charge in [0.15, 0.2) is 0 Å². The van der Waals surface area contributed by atoms with Crippen LogP contribution in [0, 0.1) is 5.92 Å². The van der Waals surface area contributed by atoms with Crippen molar-refractivity contribution in [1.82, 2.24) is 9.97 Å². The third kappa shape index (κ3) is 5.36. The van der Waals surface area contributed by atoms with Gasteiger partial charge in [0.1, 0.15) is 23.7 Å². The summed E-state index contributed by atoms with van der Waals surface area (Å²) in [5.74, 6) is 0.527. The molecule has 1 amide bonds. The Bertz CT molecular complexity index is 695. The van der Waals surface area contributed by atoms with Crippen molar-refractivity contribution in [2.24, 2.45) is 11.7 Å². The molecular weight excluding hydrogens is 335 g/mol. The van der Waals surface area contributed by atoms with E-state index in [-0.39, 0.29) is 30.1 Å². The van der Waals surface area contributed by atoms with Crippen LogP contribution in [0.4, 0.5) is 10.2 Å². The second kappa shape index (κ2) is 9.43. The minimum absolute atomic E-state index is 0.0543. The van der Waals surface area contributed by atoms with Crippen molar-refractivity contribution in [3.8, 4) is 0 Å². The van der Waals surface area contributed by atoms with E-state index in [1.54, 1.807) is 19.9 Å². The highest BCUT2D eigenvalue weighted by Crippen LogP contribution is 2.26. The lowest BCUT2D eigenvalue weighted by molar-refractivity contribution is -0.120. The van der Waals surface area contributed by atoms with Gasteiger partial charge in [0.25, 0.3) is 0 Å². The van der Waals surface area contributed by atoms with Crippen molar-refractivity contribution >= 4 is 17.3 Å². The Morgan fingerprint density at radius 1 is 1.38 bits per heavy atom.